The van der Waals surface area contributed by atoms with Crippen LogP contribution in [0.15, 0.2) is 6.07 Å². The number of aryl methyl sites for hydroxylation is 1. The van der Waals surface area contributed by atoms with Crippen molar-refractivity contribution < 1.29 is 4.74 Å². The Bertz CT molecular complexity index is 344. The molecule has 1 rings (SSSR count). The van der Waals surface area contributed by atoms with E-state index in [4.69, 9.17) is 16.3 Å². The average Bonchev–Trinajstić information content (AvgIpc) is 2.16. The number of ether oxygens (including phenoxy) is 1. The van der Waals surface area contributed by atoms with E-state index in [1.54, 1.807) is 0 Å². The van der Waals surface area contributed by atoms with E-state index in [0.717, 1.165) is 12.4 Å². The molecule has 16 heavy (non-hydrogen) atoms. The Kier molecular flexibility index (Phi) is 4.80. The molecule has 0 fully saturated rings. The zero-order chi connectivity index (χ0) is 12.1. The van der Waals surface area contributed by atoms with Crippen molar-refractivity contribution in [3.63, 3.8) is 0 Å². The zero-order valence-electron chi connectivity index (χ0n) is 10.2. The second-order valence-electron chi connectivity index (χ2n) is 3.71. The van der Waals surface area contributed by atoms with Gasteiger partial charge in [-0.3, -0.25) is 0 Å². The van der Waals surface area contributed by atoms with Crippen molar-refractivity contribution in [2.45, 2.75) is 26.1 Å². The number of anilines is 1. The number of halogens is 1. The summed E-state index contributed by atoms with van der Waals surface area (Å²) in [5.74, 6) is 2.15. The molecule has 0 aliphatic rings. The van der Waals surface area contributed by atoms with Crippen molar-refractivity contribution in [3.8, 4) is 5.88 Å². The lowest BCUT2D eigenvalue weighted by atomic mass is 10.4. The van der Waals surface area contributed by atoms with E-state index in [-0.39, 0.29) is 5.38 Å². The summed E-state index contributed by atoms with van der Waals surface area (Å²) in [5.41, 5.74) is 0. The number of hydrogen-bond donors (Lipinski definition) is 0. The minimum atomic E-state index is 0.0795. The minimum absolute atomic E-state index is 0.0795. The molecule has 0 aromatic carbocycles. The first-order valence-corrected chi connectivity index (χ1v) is 5.80. The monoisotopic (exact) mass is 243 g/mol. The van der Waals surface area contributed by atoms with Crippen molar-refractivity contribution in [3.05, 3.63) is 11.9 Å². The van der Waals surface area contributed by atoms with Gasteiger partial charge < -0.3 is 9.64 Å². The molecule has 0 amide bonds. The summed E-state index contributed by atoms with van der Waals surface area (Å²) in [4.78, 5) is 10.5. The van der Waals surface area contributed by atoms with Crippen LogP contribution < -0.4 is 9.64 Å². The molecule has 0 N–H and O–H groups in total. The summed E-state index contributed by atoms with van der Waals surface area (Å²) in [6.07, 6.45) is 0. The summed E-state index contributed by atoms with van der Waals surface area (Å²) in [7, 11) is 1.95. The first-order chi connectivity index (χ1) is 7.52. The van der Waals surface area contributed by atoms with Gasteiger partial charge in [0, 0.05) is 25.0 Å². The first kappa shape index (κ1) is 13.0. The van der Waals surface area contributed by atoms with Crippen LogP contribution in [0.3, 0.4) is 0 Å². The third-order valence-electron chi connectivity index (χ3n) is 2.01. The molecule has 0 spiro atoms. The predicted octanol–water partition coefficient (Wildman–Crippen LogP) is 2.25. The minimum Gasteiger partial charge on any atom is -0.478 e. The van der Waals surface area contributed by atoms with Gasteiger partial charge in [-0.2, -0.15) is 4.98 Å². The summed E-state index contributed by atoms with van der Waals surface area (Å²) < 4.78 is 5.37. The summed E-state index contributed by atoms with van der Waals surface area (Å²) in [6.45, 7) is 7.08. The highest BCUT2D eigenvalue weighted by molar-refractivity contribution is 6.20. The lowest BCUT2D eigenvalue weighted by molar-refractivity contribution is 0.325. The Morgan fingerprint density at radius 2 is 2.19 bits per heavy atom. The van der Waals surface area contributed by atoms with Crippen LogP contribution in [0.25, 0.3) is 0 Å². The molecular formula is C11H18ClN3O. The lowest BCUT2D eigenvalue weighted by Crippen LogP contribution is -2.25. The van der Waals surface area contributed by atoms with Crippen LogP contribution in [0.2, 0.25) is 0 Å². The zero-order valence-corrected chi connectivity index (χ0v) is 11.0. The van der Waals surface area contributed by atoms with E-state index in [0.29, 0.717) is 18.3 Å². The predicted molar refractivity (Wildman–Crippen MR) is 66.5 cm³/mol. The Morgan fingerprint density at radius 3 is 2.75 bits per heavy atom. The van der Waals surface area contributed by atoms with E-state index in [1.165, 1.54) is 0 Å². The SMILES string of the molecule is CCOc1cc(N(C)CC(C)Cl)nc(C)n1. The molecule has 4 nitrogen and oxygen atoms in total. The molecule has 1 atom stereocenters. The van der Waals surface area contributed by atoms with E-state index in [9.17, 15) is 0 Å². The molecule has 1 unspecified atom stereocenters. The standard InChI is InChI=1S/C11H18ClN3O/c1-5-16-11-6-10(13-9(3)14-11)15(4)7-8(2)12/h6,8H,5,7H2,1-4H3. The van der Waals surface area contributed by atoms with Gasteiger partial charge in [0.25, 0.3) is 0 Å². The molecule has 90 valence electrons. The van der Waals surface area contributed by atoms with Gasteiger partial charge in [-0.15, -0.1) is 11.6 Å². The second-order valence-corrected chi connectivity index (χ2v) is 4.45. The number of hydrogen-bond acceptors (Lipinski definition) is 4. The first-order valence-electron chi connectivity index (χ1n) is 5.36. The molecule has 1 aromatic heterocycles. The van der Waals surface area contributed by atoms with E-state index in [2.05, 4.69) is 9.97 Å². The average molecular weight is 244 g/mol. The van der Waals surface area contributed by atoms with Crippen LogP contribution in [-0.2, 0) is 0 Å². The molecule has 0 aliphatic heterocycles. The molecule has 0 saturated carbocycles. The maximum atomic E-state index is 5.95. The third kappa shape index (κ3) is 3.85. The van der Waals surface area contributed by atoms with Crippen LogP contribution in [0.4, 0.5) is 5.82 Å². The Balaban J connectivity index is 2.86. The normalized spacial score (nSPS) is 12.3. The molecule has 0 radical (unpaired) electrons. The summed E-state index contributed by atoms with van der Waals surface area (Å²) in [6, 6.07) is 1.83. The van der Waals surface area contributed by atoms with Gasteiger partial charge in [0.1, 0.15) is 11.6 Å². The Labute approximate surface area is 102 Å². The largest absolute Gasteiger partial charge is 0.478 e. The van der Waals surface area contributed by atoms with Gasteiger partial charge in [-0.25, -0.2) is 4.98 Å². The van der Waals surface area contributed by atoms with Crippen molar-refractivity contribution in [1.29, 1.82) is 0 Å². The summed E-state index contributed by atoms with van der Waals surface area (Å²) >= 11 is 5.95. The topological polar surface area (TPSA) is 38.2 Å². The maximum Gasteiger partial charge on any atom is 0.218 e. The lowest BCUT2D eigenvalue weighted by Gasteiger charge is -2.20. The Hall–Kier alpha value is -1.03. The van der Waals surface area contributed by atoms with Crippen LogP contribution in [0.1, 0.15) is 19.7 Å². The number of rotatable bonds is 5. The number of alkyl halides is 1. The highest BCUT2D eigenvalue weighted by atomic mass is 35.5. The molecule has 0 bridgehead atoms. The number of nitrogens with zero attached hydrogens (tertiary/aromatic N) is 3. The highest BCUT2D eigenvalue weighted by Gasteiger charge is 2.09. The fraction of sp³-hybridized carbons (Fsp3) is 0.636. The van der Waals surface area contributed by atoms with E-state index >= 15 is 0 Å². The maximum absolute atomic E-state index is 5.95. The smallest absolute Gasteiger partial charge is 0.218 e. The molecule has 1 heterocycles. The van der Waals surface area contributed by atoms with Crippen LogP contribution >= 0.6 is 11.6 Å². The van der Waals surface area contributed by atoms with Crippen LogP contribution in [0.5, 0.6) is 5.88 Å². The van der Waals surface area contributed by atoms with Gasteiger partial charge in [-0.05, 0) is 20.8 Å². The second kappa shape index (κ2) is 5.89. The highest BCUT2D eigenvalue weighted by Crippen LogP contribution is 2.17. The van der Waals surface area contributed by atoms with Gasteiger partial charge >= 0.3 is 0 Å². The van der Waals surface area contributed by atoms with Crippen molar-refractivity contribution in [2.75, 3.05) is 25.1 Å². The quantitative estimate of drug-likeness (QED) is 0.744. The van der Waals surface area contributed by atoms with Crippen molar-refractivity contribution in [2.24, 2.45) is 0 Å². The molecular weight excluding hydrogens is 226 g/mol. The van der Waals surface area contributed by atoms with Crippen molar-refractivity contribution in [1.82, 2.24) is 9.97 Å². The van der Waals surface area contributed by atoms with Crippen molar-refractivity contribution >= 4 is 17.4 Å². The van der Waals surface area contributed by atoms with E-state index in [1.807, 2.05) is 38.8 Å². The third-order valence-corrected chi connectivity index (χ3v) is 2.15. The van der Waals surface area contributed by atoms with Gasteiger partial charge in [0.05, 0.1) is 6.61 Å². The molecule has 1 aromatic rings. The van der Waals surface area contributed by atoms with Crippen LogP contribution in [0, 0.1) is 6.92 Å². The van der Waals surface area contributed by atoms with Gasteiger partial charge in [0.15, 0.2) is 0 Å². The fourth-order valence-corrected chi connectivity index (χ4v) is 1.62. The van der Waals surface area contributed by atoms with Crippen LogP contribution in [-0.4, -0.2) is 35.5 Å². The van der Waals surface area contributed by atoms with E-state index < -0.39 is 0 Å². The Morgan fingerprint density at radius 1 is 1.50 bits per heavy atom. The molecule has 0 aliphatic carbocycles. The van der Waals surface area contributed by atoms with Gasteiger partial charge in [-0.1, -0.05) is 0 Å². The fourth-order valence-electron chi connectivity index (χ4n) is 1.41. The molecule has 5 heteroatoms. The summed E-state index contributed by atoms with van der Waals surface area (Å²) in [5, 5.41) is 0.0795. The van der Waals surface area contributed by atoms with Gasteiger partial charge in [0.2, 0.25) is 5.88 Å². The number of aromatic nitrogens is 2. The molecule has 0 saturated heterocycles.